The van der Waals surface area contributed by atoms with E-state index in [1.54, 1.807) is 6.20 Å². The van der Waals surface area contributed by atoms with Crippen molar-refractivity contribution in [3.8, 4) is 0 Å². The molecule has 4 rings (SSSR count). The van der Waals surface area contributed by atoms with Gasteiger partial charge in [0, 0.05) is 17.2 Å². The van der Waals surface area contributed by atoms with E-state index in [0.29, 0.717) is 12.6 Å². The third-order valence-electron chi connectivity index (χ3n) is 5.74. The van der Waals surface area contributed by atoms with Crippen LogP contribution in [-0.2, 0) is 4.79 Å². The van der Waals surface area contributed by atoms with Gasteiger partial charge in [-0.05, 0) is 19.8 Å². The average Bonchev–Trinajstić information content (AvgIpc) is 3.42. The van der Waals surface area contributed by atoms with Crippen molar-refractivity contribution in [2.75, 3.05) is 11.9 Å². The van der Waals surface area contributed by atoms with Gasteiger partial charge in [-0.2, -0.15) is 5.10 Å². The van der Waals surface area contributed by atoms with Crippen molar-refractivity contribution in [2.24, 2.45) is 0 Å². The number of carbonyl (C=O) groups excluding carboxylic acids is 1. The molecule has 1 aliphatic rings. The molecule has 1 aromatic heterocycles. The first-order valence-corrected chi connectivity index (χ1v) is 10.5. The van der Waals surface area contributed by atoms with Crippen molar-refractivity contribution in [1.82, 2.24) is 9.78 Å². The molecule has 2 aromatic carbocycles. The van der Waals surface area contributed by atoms with Gasteiger partial charge < -0.3 is 10.6 Å². The number of nitrogens with zero attached hydrogens (tertiary/aromatic N) is 2. The maximum absolute atomic E-state index is 12.7. The molecule has 0 aliphatic heterocycles. The van der Waals surface area contributed by atoms with Gasteiger partial charge in [0.25, 0.3) is 5.91 Å². The summed E-state index contributed by atoms with van der Waals surface area (Å²) < 4.78 is 1.99. The molecule has 1 atom stereocenters. The molecule has 0 radical (unpaired) electrons. The van der Waals surface area contributed by atoms with Crippen LogP contribution in [0.4, 0.5) is 5.82 Å². The maximum atomic E-state index is 12.7. The molecule has 5 heteroatoms. The van der Waals surface area contributed by atoms with E-state index in [1.165, 1.54) is 29.5 Å². The lowest BCUT2D eigenvalue weighted by Gasteiger charge is -2.18. The Kier molecular flexibility index (Phi) is 6.06. The molecule has 3 aromatic rings. The molecule has 1 fully saturated rings. The average molecular weight is 390 g/mol. The van der Waals surface area contributed by atoms with Gasteiger partial charge in [-0.1, -0.05) is 73.0 Å². The van der Waals surface area contributed by atoms with Crippen LogP contribution in [0.15, 0.2) is 66.9 Å². The minimum atomic E-state index is -0.00205. The number of quaternary nitrogens is 1. The van der Waals surface area contributed by atoms with Gasteiger partial charge in [-0.25, -0.2) is 4.68 Å². The Bertz CT molecular complexity index is 927. The lowest BCUT2D eigenvalue weighted by molar-refractivity contribution is -0.676. The summed E-state index contributed by atoms with van der Waals surface area (Å²) in [5.41, 5.74) is 3.63. The van der Waals surface area contributed by atoms with Crippen LogP contribution in [0, 0.1) is 6.92 Å². The monoisotopic (exact) mass is 389 g/mol. The second-order valence-corrected chi connectivity index (χ2v) is 7.89. The summed E-state index contributed by atoms with van der Waals surface area (Å²) in [4.78, 5) is 12.7. The van der Waals surface area contributed by atoms with Crippen molar-refractivity contribution in [3.05, 3.63) is 83.6 Å². The van der Waals surface area contributed by atoms with Gasteiger partial charge in [-0.15, -0.1) is 0 Å². The number of rotatable bonds is 7. The molecule has 150 valence electrons. The zero-order valence-electron chi connectivity index (χ0n) is 16.9. The quantitative estimate of drug-likeness (QED) is 0.649. The number of carbonyl (C=O) groups is 1. The summed E-state index contributed by atoms with van der Waals surface area (Å²) in [6.07, 6.45) is 6.53. The topological polar surface area (TPSA) is 63.5 Å². The molecule has 1 saturated carbocycles. The summed E-state index contributed by atoms with van der Waals surface area (Å²) in [5.74, 6) is 0.805. The maximum Gasteiger partial charge on any atom is 0.280 e. The summed E-state index contributed by atoms with van der Waals surface area (Å²) in [7, 11) is 0. The van der Waals surface area contributed by atoms with Crippen molar-refractivity contribution < 1.29 is 10.1 Å². The SMILES string of the molecule is Cc1ccc([C@H]([NH2+]CC(=O)Nc2ccnn2C2CCCC2)c2ccccc2)cc1. The first kappa shape index (κ1) is 19.4. The first-order chi connectivity index (χ1) is 14.2. The van der Waals surface area contributed by atoms with Crippen molar-refractivity contribution >= 4 is 11.7 Å². The fourth-order valence-corrected chi connectivity index (χ4v) is 4.17. The number of nitrogens with two attached hydrogens (primary N) is 1. The summed E-state index contributed by atoms with van der Waals surface area (Å²) in [5, 5.41) is 9.61. The van der Waals surface area contributed by atoms with Gasteiger partial charge in [0.1, 0.15) is 11.9 Å². The third-order valence-corrected chi connectivity index (χ3v) is 5.74. The lowest BCUT2D eigenvalue weighted by Crippen LogP contribution is -2.87. The van der Waals surface area contributed by atoms with E-state index in [0.717, 1.165) is 18.7 Å². The van der Waals surface area contributed by atoms with Crippen molar-refractivity contribution in [3.63, 3.8) is 0 Å². The van der Waals surface area contributed by atoms with Crippen molar-refractivity contribution in [2.45, 2.75) is 44.7 Å². The Labute approximate surface area is 172 Å². The van der Waals surface area contributed by atoms with Gasteiger partial charge in [0.15, 0.2) is 6.54 Å². The molecular formula is C24H29N4O+. The van der Waals surface area contributed by atoms with Crippen LogP contribution in [0.25, 0.3) is 0 Å². The molecule has 3 N–H and O–H groups in total. The highest BCUT2D eigenvalue weighted by Crippen LogP contribution is 2.31. The normalized spacial score (nSPS) is 15.3. The van der Waals surface area contributed by atoms with Crippen molar-refractivity contribution in [1.29, 1.82) is 0 Å². The summed E-state index contributed by atoms with van der Waals surface area (Å²) in [6, 6.07) is 21.3. The van der Waals surface area contributed by atoms with E-state index in [9.17, 15) is 4.79 Å². The zero-order chi connectivity index (χ0) is 20.1. The first-order valence-electron chi connectivity index (χ1n) is 10.5. The lowest BCUT2D eigenvalue weighted by atomic mass is 9.98. The Morgan fingerprint density at radius 2 is 1.76 bits per heavy atom. The number of benzene rings is 2. The molecule has 0 saturated heterocycles. The van der Waals surface area contributed by atoms with Gasteiger partial charge in [-0.3, -0.25) is 4.79 Å². The van der Waals surface area contributed by atoms with E-state index in [1.807, 2.05) is 28.9 Å². The molecule has 0 spiro atoms. The number of amides is 1. The van der Waals surface area contributed by atoms with E-state index >= 15 is 0 Å². The largest absolute Gasteiger partial charge is 0.328 e. The van der Waals surface area contributed by atoms with Crippen LogP contribution < -0.4 is 10.6 Å². The van der Waals surface area contributed by atoms with Gasteiger partial charge >= 0.3 is 0 Å². The van der Waals surface area contributed by atoms with E-state index in [-0.39, 0.29) is 11.9 Å². The Morgan fingerprint density at radius 1 is 1.07 bits per heavy atom. The fraction of sp³-hybridized carbons (Fsp3) is 0.333. The van der Waals surface area contributed by atoms with E-state index in [2.05, 4.69) is 59.1 Å². The number of hydrogen-bond acceptors (Lipinski definition) is 2. The number of aryl methyl sites for hydroxylation is 1. The van der Waals surface area contributed by atoms with Crippen LogP contribution in [0.1, 0.15) is 54.5 Å². The van der Waals surface area contributed by atoms with E-state index < -0.39 is 0 Å². The molecule has 0 bridgehead atoms. The smallest absolute Gasteiger partial charge is 0.280 e. The second-order valence-electron chi connectivity index (χ2n) is 7.89. The van der Waals surface area contributed by atoms with Crippen LogP contribution in [0.5, 0.6) is 0 Å². The number of nitrogens with one attached hydrogen (secondary N) is 1. The number of anilines is 1. The van der Waals surface area contributed by atoms with Crippen LogP contribution in [0.2, 0.25) is 0 Å². The van der Waals surface area contributed by atoms with Gasteiger partial charge in [0.2, 0.25) is 0 Å². The standard InChI is InChI=1S/C24H28N4O/c1-18-11-13-20(14-12-18)24(19-7-3-2-4-8-19)25-17-23(29)27-22-15-16-26-28(22)21-9-5-6-10-21/h2-4,7-8,11-16,21,24-25H,5-6,9-10,17H2,1H3,(H,27,29)/p+1/t24-/m1/s1. The Hall–Kier alpha value is -2.92. The van der Waals surface area contributed by atoms with Crippen LogP contribution in [0.3, 0.4) is 0 Å². The zero-order valence-corrected chi connectivity index (χ0v) is 16.9. The highest BCUT2D eigenvalue weighted by atomic mass is 16.2. The fourth-order valence-electron chi connectivity index (χ4n) is 4.17. The Morgan fingerprint density at radius 3 is 2.48 bits per heavy atom. The minimum absolute atomic E-state index is 0.00205. The molecule has 0 unspecified atom stereocenters. The molecule has 29 heavy (non-hydrogen) atoms. The summed E-state index contributed by atoms with van der Waals surface area (Å²) >= 11 is 0. The Balaban J connectivity index is 1.44. The minimum Gasteiger partial charge on any atom is -0.328 e. The second kappa shape index (κ2) is 9.05. The predicted molar refractivity (Wildman–Crippen MR) is 115 cm³/mol. The summed E-state index contributed by atoms with van der Waals surface area (Å²) in [6.45, 7) is 2.44. The molecular weight excluding hydrogens is 360 g/mol. The van der Waals surface area contributed by atoms with Gasteiger partial charge in [0.05, 0.1) is 12.2 Å². The molecule has 1 aliphatic carbocycles. The van der Waals surface area contributed by atoms with Crippen LogP contribution >= 0.6 is 0 Å². The number of hydrogen-bond donors (Lipinski definition) is 2. The molecule has 1 amide bonds. The van der Waals surface area contributed by atoms with Crippen LogP contribution in [-0.4, -0.2) is 22.2 Å². The molecule has 5 nitrogen and oxygen atoms in total. The molecule has 1 heterocycles. The number of aromatic nitrogens is 2. The highest BCUT2D eigenvalue weighted by molar-refractivity contribution is 5.90. The third kappa shape index (κ3) is 4.74. The van der Waals surface area contributed by atoms with E-state index in [4.69, 9.17) is 0 Å². The predicted octanol–water partition coefficient (Wildman–Crippen LogP) is 3.60. The highest BCUT2D eigenvalue weighted by Gasteiger charge is 2.22.